The van der Waals surface area contributed by atoms with Gasteiger partial charge in [-0.05, 0) is 0 Å². The summed E-state index contributed by atoms with van der Waals surface area (Å²) in [6.45, 7) is 6.75. The zero-order valence-electron chi connectivity index (χ0n) is 26.1. The summed E-state index contributed by atoms with van der Waals surface area (Å²) in [6, 6.07) is -1.31. The van der Waals surface area contributed by atoms with Gasteiger partial charge < -0.3 is 52.7 Å². The van der Waals surface area contributed by atoms with Crippen LogP contribution in [0.15, 0.2) is 0 Å². The van der Waals surface area contributed by atoms with Crippen LogP contribution in [0.2, 0.25) is 0 Å². The third-order valence-electron chi connectivity index (χ3n) is 6.23. The molecular weight excluding hydrogens is 610 g/mol. The van der Waals surface area contributed by atoms with Gasteiger partial charge in [-0.2, -0.15) is 0 Å². The Balaban J connectivity index is 2.51. The molecule has 0 aromatic heterocycles. The van der Waals surface area contributed by atoms with Crippen LogP contribution in [0.25, 0.3) is 0 Å². The lowest BCUT2D eigenvalue weighted by Crippen LogP contribution is -2.67. The van der Waals surface area contributed by atoms with Crippen LogP contribution in [0.5, 0.6) is 0 Å². The number of rotatable bonds is 12. The predicted octanol–water partition coefficient (Wildman–Crippen LogP) is -1.17. The summed E-state index contributed by atoms with van der Waals surface area (Å²) in [5, 5.41) is 2.55. The summed E-state index contributed by atoms with van der Waals surface area (Å²) in [7, 11) is 1.23. The predicted molar refractivity (Wildman–Crippen MR) is 142 cm³/mol. The zero-order valence-corrected chi connectivity index (χ0v) is 26.1. The highest BCUT2D eigenvalue weighted by atomic mass is 16.7. The number of ether oxygens (including phenoxy) is 10. The maximum Gasteiger partial charge on any atom is 0.303 e. The molecule has 0 aliphatic carbocycles. The fourth-order valence-electron chi connectivity index (χ4n) is 4.80. The quantitative estimate of drug-likeness (QED) is 0.194. The third-order valence-corrected chi connectivity index (χ3v) is 6.23. The molecule has 1 amide bonds. The minimum Gasteiger partial charge on any atom is -0.463 e. The lowest BCUT2D eigenvalue weighted by atomic mass is 9.95. The van der Waals surface area contributed by atoms with Crippen molar-refractivity contribution in [3.63, 3.8) is 0 Å². The summed E-state index contributed by atoms with van der Waals surface area (Å²) in [4.78, 5) is 83.8. The van der Waals surface area contributed by atoms with Gasteiger partial charge in [0.1, 0.15) is 24.9 Å². The number of esters is 6. The minimum absolute atomic E-state index is 0.474. The second kappa shape index (κ2) is 17.0. The van der Waals surface area contributed by atoms with E-state index in [1.54, 1.807) is 0 Å². The van der Waals surface area contributed by atoms with Crippen LogP contribution in [-0.4, -0.2) is 123 Å². The van der Waals surface area contributed by atoms with Crippen LogP contribution >= 0.6 is 0 Å². The van der Waals surface area contributed by atoms with E-state index >= 15 is 0 Å². The molecule has 0 aromatic carbocycles. The first kappa shape index (κ1) is 37.3. The van der Waals surface area contributed by atoms with Crippen LogP contribution in [0.4, 0.5) is 0 Å². The van der Waals surface area contributed by atoms with Gasteiger partial charge in [-0.25, -0.2) is 0 Å². The number of methoxy groups -OCH3 is 1. The smallest absolute Gasteiger partial charge is 0.303 e. The number of nitrogens with one attached hydrogen (secondary N) is 1. The molecule has 0 aromatic rings. The maximum absolute atomic E-state index is 12.2. The maximum atomic E-state index is 12.2. The first-order valence-electron chi connectivity index (χ1n) is 13.8. The molecule has 0 spiro atoms. The lowest BCUT2D eigenvalue weighted by molar-refractivity contribution is -0.320. The average molecular weight is 650 g/mol. The van der Waals surface area contributed by atoms with E-state index < -0.39 is 116 Å². The SMILES string of the molecule is CO[C@H]1O[C@H](CO[C@H]2O[C@H](COC(C)=O)[C@@H](OC(C)=O)[C@H](OC(C)=O)[C@H]2NC(C)=O)[C@@H](OC(C)=O)[C@H](OC(C)=O)[C@H]1OC(C)=O. The van der Waals surface area contributed by atoms with Gasteiger partial charge in [-0.3, -0.25) is 33.6 Å². The Morgan fingerprint density at radius 1 is 0.533 bits per heavy atom. The molecule has 18 heteroatoms. The number of carbonyl (C=O) groups is 7. The largest absolute Gasteiger partial charge is 0.463 e. The second-order valence-corrected chi connectivity index (χ2v) is 10.1. The molecule has 2 heterocycles. The lowest BCUT2D eigenvalue weighted by Gasteiger charge is -2.46. The van der Waals surface area contributed by atoms with Crippen molar-refractivity contribution in [3.05, 3.63) is 0 Å². The number of hydrogen-bond acceptors (Lipinski definition) is 17. The van der Waals surface area contributed by atoms with Crippen molar-refractivity contribution >= 4 is 41.7 Å². The van der Waals surface area contributed by atoms with E-state index in [-0.39, 0.29) is 0 Å². The topological polar surface area (TPSA) is 224 Å². The van der Waals surface area contributed by atoms with Gasteiger partial charge in [-0.1, -0.05) is 0 Å². The van der Waals surface area contributed by atoms with E-state index in [4.69, 9.17) is 47.4 Å². The van der Waals surface area contributed by atoms with Crippen LogP contribution in [0.1, 0.15) is 48.5 Å². The molecule has 2 aliphatic rings. The van der Waals surface area contributed by atoms with E-state index in [1.807, 2.05) is 0 Å². The zero-order chi connectivity index (χ0) is 34.0. The molecule has 0 saturated carbocycles. The van der Waals surface area contributed by atoms with Crippen LogP contribution < -0.4 is 5.32 Å². The first-order chi connectivity index (χ1) is 21.0. The Morgan fingerprint density at radius 2 is 0.956 bits per heavy atom. The summed E-state index contributed by atoms with van der Waals surface area (Å²) in [5.74, 6) is -5.30. The molecule has 1 N–H and O–H groups in total. The number of amides is 1. The van der Waals surface area contributed by atoms with Gasteiger partial charge in [0.2, 0.25) is 5.91 Å². The Morgan fingerprint density at radius 3 is 1.42 bits per heavy atom. The highest BCUT2D eigenvalue weighted by Gasteiger charge is 2.54. The highest BCUT2D eigenvalue weighted by molar-refractivity contribution is 5.74. The van der Waals surface area contributed by atoms with E-state index in [9.17, 15) is 33.6 Å². The van der Waals surface area contributed by atoms with Crippen LogP contribution in [-0.2, 0) is 80.9 Å². The summed E-state index contributed by atoms with van der Waals surface area (Å²) in [6.07, 6.45) is -12.3. The Kier molecular flexibility index (Phi) is 14.1. The Labute approximate surface area is 258 Å². The van der Waals surface area contributed by atoms with E-state index in [0.717, 1.165) is 48.5 Å². The summed E-state index contributed by atoms with van der Waals surface area (Å²) >= 11 is 0. The van der Waals surface area contributed by atoms with E-state index in [1.165, 1.54) is 7.11 Å². The molecule has 2 aliphatic heterocycles. The van der Waals surface area contributed by atoms with Crippen molar-refractivity contribution in [2.24, 2.45) is 0 Å². The molecule has 254 valence electrons. The Bertz CT molecular complexity index is 1110. The molecule has 2 saturated heterocycles. The van der Waals surface area contributed by atoms with Crippen molar-refractivity contribution in [2.75, 3.05) is 20.3 Å². The molecule has 2 rings (SSSR count). The fraction of sp³-hybridized carbons (Fsp3) is 0.741. The monoisotopic (exact) mass is 649 g/mol. The van der Waals surface area contributed by atoms with Crippen molar-refractivity contribution in [2.45, 2.75) is 110 Å². The van der Waals surface area contributed by atoms with Gasteiger partial charge in [0, 0.05) is 55.6 Å². The molecule has 2 fully saturated rings. The van der Waals surface area contributed by atoms with Gasteiger partial charge >= 0.3 is 35.8 Å². The van der Waals surface area contributed by atoms with Crippen LogP contribution in [0, 0.1) is 0 Å². The molecule has 0 bridgehead atoms. The summed E-state index contributed by atoms with van der Waals surface area (Å²) < 4.78 is 55.1. The van der Waals surface area contributed by atoms with E-state index in [0.29, 0.717) is 0 Å². The minimum atomic E-state index is -1.49. The molecule has 10 atom stereocenters. The second-order valence-electron chi connectivity index (χ2n) is 10.1. The third kappa shape index (κ3) is 11.2. The first-order valence-corrected chi connectivity index (χ1v) is 13.8. The average Bonchev–Trinajstić information content (AvgIpc) is 2.90. The van der Waals surface area contributed by atoms with E-state index in [2.05, 4.69) is 5.32 Å². The van der Waals surface area contributed by atoms with Crippen molar-refractivity contribution in [1.29, 1.82) is 0 Å². The molecule has 0 radical (unpaired) electrons. The number of carbonyl (C=O) groups excluding carboxylic acids is 7. The molecular formula is C27H39NO17. The normalized spacial score (nSPS) is 31.0. The standard InChI is InChI=1S/C27H39NO17/c1-11(29)28-20-23(41-15(5)33)21(39-13(3)31)18(9-37-12(2)30)44-26(20)38-10-19-22(40-14(4)32)24(42-16(6)34)25(43-17(7)35)27(36-8)45-19/h18-27H,9-10H2,1-8H3,(H,28,29)/t18-,19-,20-,21-,22-,23-,24+,25-,26+,27+/m1/s1. The van der Waals surface area contributed by atoms with Crippen molar-refractivity contribution < 1.29 is 80.9 Å². The van der Waals surface area contributed by atoms with Gasteiger partial charge in [0.15, 0.2) is 43.1 Å². The molecule has 0 unspecified atom stereocenters. The van der Waals surface area contributed by atoms with Crippen LogP contribution in [0.3, 0.4) is 0 Å². The Hall–Kier alpha value is -3.87. The number of hydrogen-bond donors (Lipinski definition) is 1. The van der Waals surface area contributed by atoms with Gasteiger partial charge in [0.05, 0.1) is 6.61 Å². The van der Waals surface area contributed by atoms with Gasteiger partial charge in [-0.15, -0.1) is 0 Å². The van der Waals surface area contributed by atoms with Crippen molar-refractivity contribution in [1.82, 2.24) is 5.32 Å². The summed E-state index contributed by atoms with van der Waals surface area (Å²) in [5.41, 5.74) is 0. The molecule has 18 nitrogen and oxygen atoms in total. The highest BCUT2D eigenvalue weighted by Crippen LogP contribution is 2.32. The van der Waals surface area contributed by atoms with Gasteiger partial charge in [0.25, 0.3) is 0 Å². The molecule has 45 heavy (non-hydrogen) atoms. The van der Waals surface area contributed by atoms with Crippen molar-refractivity contribution in [3.8, 4) is 0 Å². The fourth-order valence-corrected chi connectivity index (χ4v) is 4.80.